The smallest absolute Gasteiger partial charge is 0.0996 e. The number of benzene rings is 1. The average molecular weight is 245 g/mol. The number of aryl methyl sites for hydroxylation is 1. The predicted molar refractivity (Wildman–Crippen MR) is 67.4 cm³/mol. The molecule has 4 heteroatoms. The van der Waals surface area contributed by atoms with Crippen LogP contribution < -0.4 is 5.73 Å². The Kier molecular flexibility index (Phi) is 4.43. The molecule has 0 bridgehead atoms. The first-order valence-corrected chi connectivity index (χ1v) is 5.59. The summed E-state index contributed by atoms with van der Waals surface area (Å²) in [6.45, 7) is 3.95. The molecule has 1 rings (SSSR count). The molecule has 0 aliphatic heterocycles. The number of nitrogens with zero attached hydrogens (tertiary/aromatic N) is 1. The van der Waals surface area contributed by atoms with Gasteiger partial charge < -0.3 is 5.73 Å². The second-order valence-corrected chi connectivity index (χ2v) is 4.22. The molecular formula is C11H14Cl2N2. The summed E-state index contributed by atoms with van der Waals surface area (Å²) in [7, 11) is 0. The summed E-state index contributed by atoms with van der Waals surface area (Å²) in [6.07, 6.45) is 1.73. The molecule has 1 aromatic carbocycles. The summed E-state index contributed by atoms with van der Waals surface area (Å²) in [4.78, 5) is 4.23. The largest absolute Gasteiger partial charge is 0.387 e. The third-order valence-corrected chi connectivity index (χ3v) is 2.71. The Labute approximate surface area is 100 Å². The zero-order chi connectivity index (χ0) is 11.4. The Morgan fingerprint density at radius 2 is 2.00 bits per heavy atom. The zero-order valence-electron chi connectivity index (χ0n) is 8.85. The van der Waals surface area contributed by atoms with Gasteiger partial charge in [-0.15, -0.1) is 0 Å². The van der Waals surface area contributed by atoms with E-state index in [1.807, 2.05) is 13.8 Å². The molecule has 0 radical (unpaired) electrons. The number of rotatable bonds is 3. The zero-order valence-corrected chi connectivity index (χ0v) is 10.4. The highest BCUT2D eigenvalue weighted by atomic mass is 35.5. The molecule has 0 heterocycles. The maximum absolute atomic E-state index is 6.02. The molecule has 15 heavy (non-hydrogen) atoms. The number of amidine groups is 1. The van der Waals surface area contributed by atoms with Gasteiger partial charge in [0.2, 0.25) is 0 Å². The topological polar surface area (TPSA) is 38.4 Å². The van der Waals surface area contributed by atoms with Crippen LogP contribution in [0.1, 0.15) is 25.3 Å². The first kappa shape index (κ1) is 12.3. The molecule has 1 aromatic rings. The molecule has 0 amide bonds. The van der Waals surface area contributed by atoms with Gasteiger partial charge in [0, 0.05) is 11.4 Å². The van der Waals surface area contributed by atoms with Crippen molar-refractivity contribution in [3.8, 4) is 0 Å². The molecule has 0 unspecified atom stereocenters. The second-order valence-electron chi connectivity index (χ2n) is 3.41. The van der Waals surface area contributed by atoms with Gasteiger partial charge in [-0.3, -0.25) is 0 Å². The van der Waals surface area contributed by atoms with Crippen molar-refractivity contribution >= 4 is 34.7 Å². The van der Waals surface area contributed by atoms with Crippen LogP contribution in [0.15, 0.2) is 17.1 Å². The molecule has 0 saturated carbocycles. The van der Waals surface area contributed by atoms with E-state index >= 15 is 0 Å². The second kappa shape index (κ2) is 5.38. The van der Waals surface area contributed by atoms with Crippen molar-refractivity contribution in [1.82, 2.24) is 0 Å². The van der Waals surface area contributed by atoms with Crippen molar-refractivity contribution in [3.05, 3.63) is 27.7 Å². The molecule has 0 fully saturated rings. The van der Waals surface area contributed by atoms with Gasteiger partial charge in [0.05, 0.1) is 16.5 Å². The van der Waals surface area contributed by atoms with E-state index in [2.05, 4.69) is 4.99 Å². The number of aliphatic imine (C=N–C) groups is 1. The van der Waals surface area contributed by atoms with Gasteiger partial charge in [-0.05, 0) is 31.0 Å². The molecule has 0 aliphatic carbocycles. The Bertz CT molecular complexity index is 386. The highest BCUT2D eigenvalue weighted by molar-refractivity contribution is 6.35. The normalized spacial score (nSPS) is 11.9. The minimum Gasteiger partial charge on any atom is -0.387 e. The highest BCUT2D eigenvalue weighted by Crippen LogP contribution is 2.31. The first-order valence-electron chi connectivity index (χ1n) is 4.83. The lowest BCUT2D eigenvalue weighted by Gasteiger charge is -2.04. The Balaban J connectivity index is 3.05. The van der Waals surface area contributed by atoms with E-state index in [9.17, 15) is 0 Å². The number of hydrogen-bond donors (Lipinski definition) is 1. The van der Waals surface area contributed by atoms with Crippen molar-refractivity contribution in [2.45, 2.75) is 26.7 Å². The Morgan fingerprint density at radius 3 is 2.60 bits per heavy atom. The highest BCUT2D eigenvalue weighted by Gasteiger charge is 2.04. The van der Waals surface area contributed by atoms with Crippen LogP contribution in [0, 0.1) is 6.92 Å². The molecule has 2 nitrogen and oxygen atoms in total. The SMILES string of the molecule is CCCC(N)=Nc1cc(Cl)c(C)cc1Cl. The predicted octanol–water partition coefficient (Wildman–Crippen LogP) is 4.09. The molecule has 0 aliphatic rings. The van der Waals surface area contributed by atoms with Gasteiger partial charge in [0.1, 0.15) is 0 Å². The van der Waals surface area contributed by atoms with Gasteiger partial charge in [-0.1, -0.05) is 30.1 Å². The monoisotopic (exact) mass is 244 g/mol. The van der Waals surface area contributed by atoms with Crippen LogP contribution in [0.25, 0.3) is 0 Å². The van der Waals surface area contributed by atoms with Crippen molar-refractivity contribution in [2.75, 3.05) is 0 Å². The van der Waals surface area contributed by atoms with Crippen molar-refractivity contribution in [1.29, 1.82) is 0 Å². The van der Waals surface area contributed by atoms with Gasteiger partial charge in [-0.2, -0.15) is 0 Å². The number of nitrogens with two attached hydrogens (primary N) is 1. The summed E-state index contributed by atoms with van der Waals surface area (Å²) in [5, 5.41) is 1.23. The van der Waals surface area contributed by atoms with E-state index in [1.54, 1.807) is 12.1 Å². The summed E-state index contributed by atoms with van der Waals surface area (Å²) in [5.74, 6) is 0.583. The fourth-order valence-corrected chi connectivity index (χ4v) is 1.61. The van der Waals surface area contributed by atoms with Crippen LogP contribution >= 0.6 is 23.2 Å². The lowest BCUT2D eigenvalue weighted by molar-refractivity contribution is 0.983. The molecule has 0 aromatic heterocycles. The van der Waals surface area contributed by atoms with Crippen molar-refractivity contribution < 1.29 is 0 Å². The Hall–Kier alpha value is -0.730. The van der Waals surface area contributed by atoms with E-state index in [4.69, 9.17) is 28.9 Å². The standard InChI is InChI=1S/C11H14Cl2N2/c1-3-4-11(14)15-10-6-8(12)7(2)5-9(10)13/h5-6H,3-4H2,1-2H3,(H2,14,15). The minimum atomic E-state index is 0.580. The Morgan fingerprint density at radius 1 is 1.33 bits per heavy atom. The van der Waals surface area contributed by atoms with Crippen LogP contribution in [0.3, 0.4) is 0 Å². The summed E-state index contributed by atoms with van der Waals surface area (Å²) in [5.41, 5.74) is 7.30. The maximum atomic E-state index is 6.02. The van der Waals surface area contributed by atoms with Gasteiger partial charge >= 0.3 is 0 Å². The van der Waals surface area contributed by atoms with Crippen LogP contribution in [-0.2, 0) is 0 Å². The van der Waals surface area contributed by atoms with Gasteiger partial charge in [-0.25, -0.2) is 4.99 Å². The van der Waals surface area contributed by atoms with E-state index in [0.717, 1.165) is 18.4 Å². The fourth-order valence-electron chi connectivity index (χ4n) is 1.19. The van der Waals surface area contributed by atoms with Gasteiger partial charge in [0.15, 0.2) is 0 Å². The van der Waals surface area contributed by atoms with E-state index in [0.29, 0.717) is 21.6 Å². The van der Waals surface area contributed by atoms with Crippen molar-refractivity contribution in [3.63, 3.8) is 0 Å². The lowest BCUT2D eigenvalue weighted by atomic mass is 10.2. The maximum Gasteiger partial charge on any atom is 0.0996 e. The van der Waals surface area contributed by atoms with Crippen LogP contribution in [-0.4, -0.2) is 5.84 Å². The third kappa shape index (κ3) is 3.40. The minimum absolute atomic E-state index is 0.580. The third-order valence-electron chi connectivity index (χ3n) is 2.00. The van der Waals surface area contributed by atoms with Gasteiger partial charge in [0.25, 0.3) is 0 Å². The molecule has 2 N–H and O–H groups in total. The molecular weight excluding hydrogens is 231 g/mol. The van der Waals surface area contributed by atoms with E-state index in [1.165, 1.54) is 0 Å². The molecule has 82 valence electrons. The number of hydrogen-bond acceptors (Lipinski definition) is 1. The van der Waals surface area contributed by atoms with Crippen molar-refractivity contribution in [2.24, 2.45) is 10.7 Å². The molecule has 0 spiro atoms. The quantitative estimate of drug-likeness (QED) is 0.632. The average Bonchev–Trinajstić information content (AvgIpc) is 2.14. The summed E-state index contributed by atoms with van der Waals surface area (Å²) < 4.78 is 0. The summed E-state index contributed by atoms with van der Waals surface area (Å²) >= 11 is 12.0. The molecule has 0 saturated heterocycles. The first-order chi connectivity index (χ1) is 7.04. The molecule has 0 atom stereocenters. The fraction of sp³-hybridized carbons (Fsp3) is 0.364. The van der Waals surface area contributed by atoms with Crippen LogP contribution in [0.2, 0.25) is 10.0 Å². The van der Waals surface area contributed by atoms with E-state index in [-0.39, 0.29) is 0 Å². The number of halogens is 2. The summed E-state index contributed by atoms with van der Waals surface area (Å²) in [6, 6.07) is 3.53. The van der Waals surface area contributed by atoms with Crippen LogP contribution in [0.4, 0.5) is 5.69 Å². The lowest BCUT2D eigenvalue weighted by Crippen LogP contribution is -2.09. The van der Waals surface area contributed by atoms with Crippen LogP contribution in [0.5, 0.6) is 0 Å². The van der Waals surface area contributed by atoms with E-state index < -0.39 is 0 Å².